The van der Waals surface area contributed by atoms with E-state index in [2.05, 4.69) is 17.2 Å². The van der Waals surface area contributed by atoms with Gasteiger partial charge in [-0.05, 0) is 44.0 Å². The van der Waals surface area contributed by atoms with Crippen LogP contribution < -0.4 is 0 Å². The molecular formula is C20H21N3O3. The van der Waals surface area contributed by atoms with Crippen molar-refractivity contribution in [2.45, 2.75) is 39.8 Å². The van der Waals surface area contributed by atoms with Gasteiger partial charge in [-0.25, -0.2) is 9.48 Å². The number of aryl methyl sites for hydroxylation is 2. The van der Waals surface area contributed by atoms with Gasteiger partial charge in [0.15, 0.2) is 6.10 Å². The average molecular weight is 351 g/mol. The number of hydrogen-bond acceptors (Lipinski definition) is 5. The molecule has 0 fully saturated rings. The van der Waals surface area contributed by atoms with E-state index in [1.807, 2.05) is 19.1 Å². The van der Waals surface area contributed by atoms with E-state index in [9.17, 15) is 9.59 Å². The minimum absolute atomic E-state index is 0.223. The van der Waals surface area contributed by atoms with Crippen LogP contribution in [0.2, 0.25) is 0 Å². The molecule has 6 nitrogen and oxygen atoms in total. The summed E-state index contributed by atoms with van der Waals surface area (Å²) in [7, 11) is 0. The summed E-state index contributed by atoms with van der Waals surface area (Å²) in [6.07, 6.45) is 0.0430. The molecule has 6 heteroatoms. The van der Waals surface area contributed by atoms with Crippen LogP contribution in [0.15, 0.2) is 42.5 Å². The van der Waals surface area contributed by atoms with Crippen LogP contribution in [0.5, 0.6) is 0 Å². The molecule has 3 rings (SSSR count). The molecule has 0 aliphatic heterocycles. The highest BCUT2D eigenvalue weighted by atomic mass is 16.5. The number of carbonyl (C=O) groups is 2. The lowest BCUT2D eigenvalue weighted by Crippen LogP contribution is -2.24. The third-order valence-corrected chi connectivity index (χ3v) is 4.35. The van der Waals surface area contributed by atoms with Crippen LogP contribution in [0, 0.1) is 0 Å². The van der Waals surface area contributed by atoms with E-state index in [1.54, 1.807) is 41.9 Å². The highest BCUT2D eigenvalue weighted by molar-refractivity contribution is 6.01. The first-order valence-corrected chi connectivity index (χ1v) is 8.70. The Balaban J connectivity index is 1.72. The fraction of sp³-hybridized carbons (Fsp3) is 0.300. The normalized spacial score (nSPS) is 12.1. The lowest BCUT2D eigenvalue weighted by atomic mass is 10.0. The van der Waals surface area contributed by atoms with E-state index in [1.165, 1.54) is 0 Å². The summed E-state index contributed by atoms with van der Waals surface area (Å²) in [6.45, 7) is 6.30. The Morgan fingerprint density at radius 3 is 2.42 bits per heavy atom. The molecule has 2 aromatic carbocycles. The second kappa shape index (κ2) is 7.47. The molecule has 0 bridgehead atoms. The molecule has 0 aliphatic carbocycles. The second-order valence-corrected chi connectivity index (χ2v) is 6.07. The number of fused-ring (bicyclic) bond motifs is 1. The highest BCUT2D eigenvalue weighted by Crippen LogP contribution is 2.16. The van der Waals surface area contributed by atoms with Crippen LogP contribution in [0.1, 0.15) is 47.1 Å². The molecule has 0 amide bonds. The molecule has 1 aromatic heterocycles. The summed E-state index contributed by atoms with van der Waals surface area (Å²) in [6, 6.07) is 12.4. The first kappa shape index (κ1) is 17.8. The Morgan fingerprint density at radius 1 is 1.08 bits per heavy atom. The molecule has 0 radical (unpaired) electrons. The predicted octanol–water partition coefficient (Wildman–Crippen LogP) is 3.44. The largest absolute Gasteiger partial charge is 0.451 e. The Hall–Kier alpha value is -3.02. The van der Waals surface area contributed by atoms with Crippen molar-refractivity contribution in [3.8, 4) is 0 Å². The fourth-order valence-corrected chi connectivity index (χ4v) is 2.75. The number of esters is 1. The summed E-state index contributed by atoms with van der Waals surface area (Å²) in [4.78, 5) is 24.8. The van der Waals surface area contributed by atoms with Gasteiger partial charge in [0.25, 0.3) is 0 Å². The van der Waals surface area contributed by atoms with Gasteiger partial charge in [0.2, 0.25) is 5.78 Å². The molecule has 134 valence electrons. The lowest BCUT2D eigenvalue weighted by Gasteiger charge is -2.12. The van der Waals surface area contributed by atoms with Crippen LogP contribution in [0.25, 0.3) is 11.0 Å². The van der Waals surface area contributed by atoms with E-state index >= 15 is 0 Å². The zero-order valence-corrected chi connectivity index (χ0v) is 15.1. The van der Waals surface area contributed by atoms with Crippen molar-refractivity contribution in [3.63, 3.8) is 0 Å². The minimum atomic E-state index is -0.864. The molecule has 0 aliphatic rings. The third kappa shape index (κ3) is 3.49. The average Bonchev–Trinajstić information content (AvgIpc) is 3.09. The summed E-state index contributed by atoms with van der Waals surface area (Å²) >= 11 is 0. The SMILES string of the molecule is CCc1ccc(C(=O)[C@H](C)OC(=O)c2ccc3c(c2)nnn3CC)cc1. The number of rotatable bonds is 6. The number of ether oxygens (including phenoxy) is 1. The van der Waals surface area contributed by atoms with Crippen LogP contribution in [0.3, 0.4) is 0 Å². The van der Waals surface area contributed by atoms with Crippen LogP contribution in [0.4, 0.5) is 0 Å². The van der Waals surface area contributed by atoms with Crippen molar-refractivity contribution < 1.29 is 14.3 Å². The van der Waals surface area contributed by atoms with Crippen molar-refractivity contribution in [1.29, 1.82) is 0 Å². The fourth-order valence-electron chi connectivity index (χ4n) is 2.75. The Labute approximate surface area is 151 Å². The number of ketones is 1. The Kier molecular flexibility index (Phi) is 5.11. The van der Waals surface area contributed by atoms with Crippen molar-refractivity contribution in [2.24, 2.45) is 0 Å². The quantitative estimate of drug-likeness (QED) is 0.502. The molecule has 3 aromatic rings. The lowest BCUT2D eigenvalue weighted by molar-refractivity contribution is 0.0319. The van der Waals surface area contributed by atoms with Gasteiger partial charge in [-0.3, -0.25) is 4.79 Å². The topological polar surface area (TPSA) is 74.1 Å². The summed E-state index contributed by atoms with van der Waals surface area (Å²) < 4.78 is 7.09. The molecule has 0 spiro atoms. The van der Waals surface area contributed by atoms with Gasteiger partial charge in [-0.1, -0.05) is 36.4 Å². The second-order valence-electron chi connectivity index (χ2n) is 6.07. The van der Waals surface area contributed by atoms with Crippen LogP contribution in [-0.2, 0) is 17.7 Å². The number of carbonyl (C=O) groups excluding carboxylic acids is 2. The molecule has 0 unspecified atom stereocenters. The number of aromatic nitrogens is 3. The maximum absolute atomic E-state index is 12.5. The zero-order chi connectivity index (χ0) is 18.7. The molecule has 1 atom stereocenters. The van der Waals surface area contributed by atoms with Gasteiger partial charge in [0.1, 0.15) is 5.52 Å². The van der Waals surface area contributed by atoms with Gasteiger partial charge in [0, 0.05) is 12.1 Å². The van der Waals surface area contributed by atoms with Gasteiger partial charge in [-0.15, -0.1) is 5.10 Å². The monoisotopic (exact) mass is 351 g/mol. The Bertz CT molecular complexity index is 945. The molecule has 26 heavy (non-hydrogen) atoms. The smallest absolute Gasteiger partial charge is 0.338 e. The number of Topliss-reactive ketones (excluding diaryl/α,β-unsaturated/α-hetero) is 1. The number of hydrogen-bond donors (Lipinski definition) is 0. The maximum atomic E-state index is 12.5. The van der Waals surface area contributed by atoms with E-state index < -0.39 is 12.1 Å². The van der Waals surface area contributed by atoms with Gasteiger partial charge in [-0.2, -0.15) is 0 Å². The van der Waals surface area contributed by atoms with E-state index in [0.29, 0.717) is 23.2 Å². The van der Waals surface area contributed by atoms with Crippen molar-refractivity contribution in [3.05, 3.63) is 59.2 Å². The van der Waals surface area contributed by atoms with Crippen molar-refractivity contribution >= 4 is 22.8 Å². The molecular weight excluding hydrogens is 330 g/mol. The summed E-state index contributed by atoms with van der Waals surface area (Å²) in [5.74, 6) is -0.775. The van der Waals surface area contributed by atoms with E-state index in [-0.39, 0.29) is 5.78 Å². The number of benzene rings is 2. The van der Waals surface area contributed by atoms with E-state index in [4.69, 9.17) is 4.74 Å². The predicted molar refractivity (Wildman–Crippen MR) is 98.2 cm³/mol. The first-order chi connectivity index (χ1) is 12.5. The first-order valence-electron chi connectivity index (χ1n) is 8.70. The molecule has 0 saturated heterocycles. The molecule has 0 saturated carbocycles. The van der Waals surface area contributed by atoms with Crippen molar-refractivity contribution in [1.82, 2.24) is 15.0 Å². The van der Waals surface area contributed by atoms with Gasteiger partial charge < -0.3 is 4.74 Å². The third-order valence-electron chi connectivity index (χ3n) is 4.35. The van der Waals surface area contributed by atoms with Gasteiger partial charge in [0.05, 0.1) is 11.1 Å². The van der Waals surface area contributed by atoms with Crippen LogP contribution >= 0.6 is 0 Å². The minimum Gasteiger partial charge on any atom is -0.451 e. The van der Waals surface area contributed by atoms with Crippen LogP contribution in [-0.4, -0.2) is 32.9 Å². The molecule has 1 heterocycles. The van der Waals surface area contributed by atoms with Crippen molar-refractivity contribution in [2.75, 3.05) is 0 Å². The summed E-state index contributed by atoms with van der Waals surface area (Å²) in [5.41, 5.74) is 3.50. The van der Waals surface area contributed by atoms with Gasteiger partial charge >= 0.3 is 5.97 Å². The Morgan fingerprint density at radius 2 is 1.77 bits per heavy atom. The zero-order valence-electron chi connectivity index (χ0n) is 15.1. The standard InChI is InChI=1S/C20H21N3O3/c1-4-14-6-8-15(9-7-14)19(24)13(3)26-20(25)16-10-11-18-17(12-16)21-22-23(18)5-2/h6-13H,4-5H2,1-3H3/t13-/m0/s1. The van der Waals surface area contributed by atoms with E-state index in [0.717, 1.165) is 17.5 Å². The molecule has 0 N–H and O–H groups in total. The summed E-state index contributed by atoms with van der Waals surface area (Å²) in [5, 5.41) is 8.07. The number of nitrogens with zero attached hydrogens (tertiary/aromatic N) is 3. The maximum Gasteiger partial charge on any atom is 0.338 e. The highest BCUT2D eigenvalue weighted by Gasteiger charge is 2.21.